The van der Waals surface area contributed by atoms with Gasteiger partial charge in [0.25, 0.3) is 0 Å². The number of hydrogen-bond acceptors (Lipinski definition) is 5. The Morgan fingerprint density at radius 3 is 2.67 bits per heavy atom. The number of carbonyl (C=O) groups is 2. The fourth-order valence-corrected chi connectivity index (χ4v) is 3.38. The first-order valence-corrected chi connectivity index (χ1v) is 9.57. The summed E-state index contributed by atoms with van der Waals surface area (Å²) in [5.41, 5.74) is 0.377. The summed E-state index contributed by atoms with van der Waals surface area (Å²) in [6.45, 7) is 4.37. The van der Waals surface area contributed by atoms with E-state index in [2.05, 4.69) is 5.32 Å². The van der Waals surface area contributed by atoms with E-state index in [0.717, 1.165) is 23.4 Å². The number of carbonyl (C=O) groups excluding carboxylic acids is 2. The minimum absolute atomic E-state index is 0.0208. The van der Waals surface area contributed by atoms with Crippen molar-refractivity contribution in [2.24, 2.45) is 5.92 Å². The Labute approximate surface area is 172 Å². The summed E-state index contributed by atoms with van der Waals surface area (Å²) in [6, 6.07) is 10.3. The van der Waals surface area contributed by atoms with E-state index in [1.807, 2.05) is 38.1 Å². The van der Waals surface area contributed by atoms with Gasteiger partial charge in [0, 0.05) is 19.0 Å². The van der Waals surface area contributed by atoms with Gasteiger partial charge in [-0.25, -0.2) is 0 Å². The van der Waals surface area contributed by atoms with Crippen LogP contribution in [-0.2, 0) is 9.59 Å². The molecule has 1 N–H and O–H groups in total. The fourth-order valence-electron chi connectivity index (χ4n) is 3.38. The van der Waals surface area contributed by atoms with Gasteiger partial charge in [-0.15, -0.1) is 0 Å². The highest BCUT2D eigenvalue weighted by Gasteiger charge is 2.36. The molecular weight excluding hydrogens is 393 g/mol. The Morgan fingerprint density at radius 2 is 2.03 bits per heavy atom. The number of amides is 2. The summed E-state index contributed by atoms with van der Waals surface area (Å²) in [7, 11) is 0. The lowest BCUT2D eigenvalue weighted by Crippen LogP contribution is -2.34. The van der Waals surface area contributed by atoms with Crippen LogP contribution in [0.5, 0.6) is 5.75 Å². The molecule has 0 saturated carbocycles. The van der Waals surface area contributed by atoms with E-state index in [4.69, 9.17) is 4.74 Å². The van der Waals surface area contributed by atoms with Gasteiger partial charge >= 0.3 is 5.69 Å². The Kier molecular flexibility index (Phi) is 6.29. The molecule has 2 atom stereocenters. The zero-order valence-electron chi connectivity index (χ0n) is 16.6. The molecule has 30 heavy (non-hydrogen) atoms. The molecular formula is C21H22FN3O5. The number of anilines is 1. The fraction of sp³-hybridized carbons (Fsp3) is 0.333. The number of benzene rings is 2. The lowest BCUT2D eigenvalue weighted by atomic mass is 10.0. The molecule has 9 heteroatoms. The zero-order valence-corrected chi connectivity index (χ0v) is 16.6. The molecule has 1 saturated heterocycles. The van der Waals surface area contributed by atoms with Crippen LogP contribution >= 0.6 is 0 Å². The highest BCUT2D eigenvalue weighted by molar-refractivity contribution is 6.00. The number of nitrogens with one attached hydrogen (secondary N) is 1. The Morgan fingerprint density at radius 1 is 1.33 bits per heavy atom. The van der Waals surface area contributed by atoms with Crippen LogP contribution in [0.25, 0.3) is 0 Å². The van der Waals surface area contributed by atoms with Crippen molar-refractivity contribution in [3.63, 3.8) is 0 Å². The summed E-state index contributed by atoms with van der Waals surface area (Å²) < 4.78 is 19.0. The monoisotopic (exact) mass is 415 g/mol. The smallest absolute Gasteiger partial charge is 0.306 e. The molecule has 1 heterocycles. The third kappa shape index (κ3) is 4.56. The summed E-state index contributed by atoms with van der Waals surface area (Å²) in [5.74, 6) is -1.47. The Hall–Kier alpha value is -3.49. The summed E-state index contributed by atoms with van der Waals surface area (Å²) >= 11 is 0. The predicted octanol–water partition coefficient (Wildman–Crippen LogP) is 3.36. The Balaban J connectivity index is 1.66. The predicted molar refractivity (Wildman–Crippen MR) is 108 cm³/mol. The molecule has 1 aliphatic heterocycles. The molecule has 0 aliphatic carbocycles. The standard InChI is InChI=1S/C21H22FN3O5/c1-3-30-17-7-4-14(5-8-17)13(2)23-21(27)15-10-20(26)24(12-15)16-6-9-18(22)19(11-16)25(28)29/h4-9,11,13,15H,3,10,12H2,1-2H3,(H,23,27). The lowest BCUT2D eigenvalue weighted by Gasteiger charge is -2.19. The second-order valence-electron chi connectivity index (χ2n) is 7.03. The minimum Gasteiger partial charge on any atom is -0.494 e. The number of nitrogens with zero attached hydrogens (tertiary/aromatic N) is 2. The second kappa shape index (κ2) is 8.89. The topological polar surface area (TPSA) is 102 Å². The number of nitro benzene ring substituents is 1. The molecule has 0 spiro atoms. The molecule has 2 unspecified atom stereocenters. The maximum Gasteiger partial charge on any atom is 0.306 e. The van der Waals surface area contributed by atoms with Crippen molar-refractivity contribution in [3.05, 3.63) is 64.0 Å². The van der Waals surface area contributed by atoms with Gasteiger partial charge in [-0.1, -0.05) is 12.1 Å². The van der Waals surface area contributed by atoms with Gasteiger partial charge in [-0.2, -0.15) is 4.39 Å². The van der Waals surface area contributed by atoms with E-state index >= 15 is 0 Å². The third-order valence-corrected chi connectivity index (χ3v) is 4.98. The van der Waals surface area contributed by atoms with Crippen molar-refractivity contribution in [1.29, 1.82) is 0 Å². The van der Waals surface area contributed by atoms with Gasteiger partial charge in [-0.05, 0) is 43.7 Å². The van der Waals surface area contributed by atoms with Gasteiger partial charge in [0.15, 0.2) is 0 Å². The molecule has 3 rings (SSSR count). The SMILES string of the molecule is CCOc1ccc(C(C)NC(=O)C2CC(=O)N(c3ccc(F)c([N+](=O)[O-])c3)C2)cc1. The van der Waals surface area contributed by atoms with E-state index in [0.29, 0.717) is 6.61 Å². The average molecular weight is 415 g/mol. The molecule has 2 aromatic rings. The van der Waals surface area contributed by atoms with Crippen LogP contribution in [0.4, 0.5) is 15.8 Å². The van der Waals surface area contributed by atoms with Crippen LogP contribution < -0.4 is 15.0 Å². The summed E-state index contributed by atoms with van der Waals surface area (Å²) in [6.07, 6.45) is -0.0208. The zero-order chi connectivity index (χ0) is 21.8. The molecule has 1 fully saturated rings. The molecule has 8 nitrogen and oxygen atoms in total. The van der Waals surface area contributed by atoms with Crippen molar-refractivity contribution in [2.45, 2.75) is 26.3 Å². The van der Waals surface area contributed by atoms with Gasteiger partial charge in [0.1, 0.15) is 5.75 Å². The number of hydrogen-bond donors (Lipinski definition) is 1. The summed E-state index contributed by atoms with van der Waals surface area (Å²) in [5, 5.41) is 13.8. The first-order valence-electron chi connectivity index (χ1n) is 9.57. The van der Waals surface area contributed by atoms with Crippen LogP contribution in [0, 0.1) is 21.8 Å². The van der Waals surface area contributed by atoms with E-state index in [1.165, 1.54) is 11.0 Å². The first-order chi connectivity index (χ1) is 14.3. The maximum atomic E-state index is 13.6. The van der Waals surface area contributed by atoms with Crippen molar-refractivity contribution < 1.29 is 23.6 Å². The van der Waals surface area contributed by atoms with E-state index < -0.39 is 22.3 Å². The highest BCUT2D eigenvalue weighted by atomic mass is 19.1. The lowest BCUT2D eigenvalue weighted by molar-refractivity contribution is -0.387. The molecule has 0 radical (unpaired) electrons. The van der Waals surface area contributed by atoms with Gasteiger partial charge in [-0.3, -0.25) is 19.7 Å². The quantitative estimate of drug-likeness (QED) is 0.552. The second-order valence-corrected chi connectivity index (χ2v) is 7.03. The summed E-state index contributed by atoms with van der Waals surface area (Å²) in [4.78, 5) is 36.4. The molecule has 1 aliphatic rings. The molecule has 158 valence electrons. The van der Waals surface area contributed by atoms with E-state index in [1.54, 1.807) is 0 Å². The van der Waals surface area contributed by atoms with Crippen molar-refractivity contribution in [3.8, 4) is 5.75 Å². The highest BCUT2D eigenvalue weighted by Crippen LogP contribution is 2.30. The van der Waals surface area contributed by atoms with E-state index in [9.17, 15) is 24.1 Å². The largest absolute Gasteiger partial charge is 0.494 e. The molecule has 2 amide bonds. The number of nitro groups is 1. The average Bonchev–Trinajstić information content (AvgIpc) is 3.10. The normalized spacial score (nSPS) is 17.0. The molecule has 0 bridgehead atoms. The number of halogens is 1. The minimum atomic E-state index is -0.978. The van der Waals surface area contributed by atoms with Crippen LogP contribution in [0.1, 0.15) is 31.9 Å². The molecule has 2 aromatic carbocycles. The first kappa shape index (κ1) is 21.2. The van der Waals surface area contributed by atoms with Crippen molar-refractivity contribution >= 4 is 23.2 Å². The van der Waals surface area contributed by atoms with Gasteiger partial charge in [0.2, 0.25) is 17.6 Å². The third-order valence-electron chi connectivity index (χ3n) is 4.98. The Bertz CT molecular complexity index is 964. The van der Waals surface area contributed by atoms with Gasteiger partial charge in [0.05, 0.1) is 29.2 Å². The van der Waals surface area contributed by atoms with Gasteiger partial charge < -0.3 is 15.0 Å². The number of ether oxygens (including phenoxy) is 1. The number of rotatable bonds is 7. The van der Waals surface area contributed by atoms with Crippen LogP contribution in [-0.4, -0.2) is 29.9 Å². The molecule has 0 aromatic heterocycles. The maximum absolute atomic E-state index is 13.6. The van der Waals surface area contributed by atoms with E-state index in [-0.39, 0.29) is 36.5 Å². The van der Waals surface area contributed by atoms with Crippen molar-refractivity contribution in [2.75, 3.05) is 18.1 Å². The van der Waals surface area contributed by atoms with Crippen molar-refractivity contribution in [1.82, 2.24) is 5.32 Å². The van der Waals surface area contributed by atoms with Crippen LogP contribution in [0.15, 0.2) is 42.5 Å². The van der Waals surface area contributed by atoms with Crippen LogP contribution in [0.2, 0.25) is 0 Å². The van der Waals surface area contributed by atoms with Crippen LogP contribution in [0.3, 0.4) is 0 Å².